The fourth-order valence-electron chi connectivity index (χ4n) is 1.99. The van der Waals surface area contributed by atoms with Gasteiger partial charge in [0.1, 0.15) is 6.33 Å². The molecule has 0 atom stereocenters. The molecule has 3 heterocycles. The third-order valence-corrected chi connectivity index (χ3v) is 3.27. The van der Waals surface area contributed by atoms with E-state index in [1.165, 1.54) is 12.4 Å². The van der Waals surface area contributed by atoms with Gasteiger partial charge in [0.15, 0.2) is 11.5 Å². The van der Waals surface area contributed by atoms with E-state index in [4.69, 9.17) is 0 Å². The minimum absolute atomic E-state index is 0.0273. The first-order chi connectivity index (χ1) is 9.95. The molecule has 21 heavy (non-hydrogen) atoms. The van der Waals surface area contributed by atoms with Crippen molar-refractivity contribution in [3.05, 3.63) is 36.5 Å². The molecular weight excluding hydrogens is 287 g/mol. The first-order valence-corrected chi connectivity index (χ1v) is 6.13. The van der Waals surface area contributed by atoms with E-state index in [2.05, 4.69) is 15.2 Å². The summed E-state index contributed by atoms with van der Waals surface area (Å²) in [5, 5.41) is 7.61. The third-order valence-electron chi connectivity index (χ3n) is 3.27. The summed E-state index contributed by atoms with van der Waals surface area (Å²) < 4.78 is 38.7. The molecule has 2 aromatic rings. The van der Waals surface area contributed by atoms with Crippen molar-refractivity contribution in [1.29, 1.82) is 0 Å². The number of nitrogens with zero attached hydrogens (tertiary/aromatic N) is 5. The van der Waals surface area contributed by atoms with E-state index in [-0.39, 0.29) is 18.8 Å². The normalized spacial score (nSPS) is 15.9. The van der Waals surface area contributed by atoms with Gasteiger partial charge in [0.05, 0.1) is 5.92 Å². The van der Waals surface area contributed by atoms with E-state index in [9.17, 15) is 18.0 Å². The number of hydrogen-bond acceptors (Lipinski definition) is 4. The molecule has 1 fully saturated rings. The van der Waals surface area contributed by atoms with Crippen LogP contribution < -0.4 is 0 Å². The predicted molar refractivity (Wildman–Crippen MR) is 64.6 cm³/mol. The highest BCUT2D eigenvalue weighted by molar-refractivity contribution is 5.92. The second-order valence-electron chi connectivity index (χ2n) is 4.70. The van der Waals surface area contributed by atoms with Crippen molar-refractivity contribution in [2.75, 3.05) is 13.1 Å². The van der Waals surface area contributed by atoms with Gasteiger partial charge in [-0.3, -0.25) is 9.36 Å². The topological polar surface area (TPSA) is 63.9 Å². The Bertz CT molecular complexity index is 632. The van der Waals surface area contributed by atoms with Crippen LogP contribution in [0.25, 0.3) is 5.82 Å². The smallest absolute Gasteiger partial charge is 0.336 e. The van der Waals surface area contributed by atoms with Crippen LogP contribution in [0.1, 0.15) is 10.5 Å². The zero-order valence-corrected chi connectivity index (χ0v) is 10.7. The Kier molecular flexibility index (Phi) is 3.11. The largest absolute Gasteiger partial charge is 0.395 e. The minimum atomic E-state index is -4.26. The fraction of sp³-hybridized carbons (Fsp3) is 0.333. The summed E-state index contributed by atoms with van der Waals surface area (Å²) in [5.74, 6) is -1.51. The summed E-state index contributed by atoms with van der Waals surface area (Å²) in [6.07, 6.45) is 0.496. The van der Waals surface area contributed by atoms with Gasteiger partial charge in [-0.1, -0.05) is 0 Å². The van der Waals surface area contributed by atoms with Gasteiger partial charge < -0.3 is 4.90 Å². The Morgan fingerprint density at radius 2 is 2.00 bits per heavy atom. The quantitative estimate of drug-likeness (QED) is 0.838. The standard InChI is InChI=1S/C12H10F3N5O/c13-12(14,15)8-5-20(6-8)11(21)9-1-2-10(18-17-9)19-4-3-16-7-19/h1-4,7-8H,5-6H2. The number of rotatable bonds is 2. The average molecular weight is 297 g/mol. The maximum absolute atomic E-state index is 12.4. The zero-order chi connectivity index (χ0) is 15.0. The summed E-state index contributed by atoms with van der Waals surface area (Å²) in [6, 6.07) is 2.99. The zero-order valence-electron chi connectivity index (χ0n) is 10.7. The van der Waals surface area contributed by atoms with Gasteiger partial charge in [0.2, 0.25) is 0 Å². The molecule has 2 aromatic heterocycles. The summed E-state index contributed by atoms with van der Waals surface area (Å²) >= 11 is 0. The second kappa shape index (κ2) is 4.83. The molecular formula is C12H10F3N5O. The Labute approximate surface area is 117 Å². The average Bonchev–Trinajstić information content (AvgIpc) is 2.89. The van der Waals surface area contributed by atoms with Gasteiger partial charge in [0.25, 0.3) is 5.91 Å². The van der Waals surface area contributed by atoms with Crippen molar-refractivity contribution in [2.24, 2.45) is 5.92 Å². The molecule has 0 radical (unpaired) electrons. The molecule has 6 nitrogen and oxygen atoms in total. The van der Waals surface area contributed by atoms with Crippen LogP contribution in [-0.4, -0.2) is 49.8 Å². The number of alkyl halides is 3. The Balaban J connectivity index is 1.67. The summed E-state index contributed by atoms with van der Waals surface area (Å²) in [7, 11) is 0. The van der Waals surface area contributed by atoms with Gasteiger partial charge in [-0.2, -0.15) is 13.2 Å². The van der Waals surface area contributed by atoms with Crippen LogP contribution in [0.4, 0.5) is 13.2 Å². The Morgan fingerprint density at radius 3 is 2.52 bits per heavy atom. The first kappa shape index (κ1) is 13.5. The van der Waals surface area contributed by atoms with Gasteiger partial charge in [-0.15, -0.1) is 10.2 Å². The summed E-state index contributed by atoms with van der Waals surface area (Å²) in [6.45, 7) is -0.652. The van der Waals surface area contributed by atoms with E-state index in [1.807, 2.05) is 0 Å². The van der Waals surface area contributed by atoms with Crippen molar-refractivity contribution in [2.45, 2.75) is 6.18 Å². The van der Waals surface area contributed by atoms with Gasteiger partial charge in [0, 0.05) is 25.5 Å². The molecule has 0 unspecified atom stereocenters. The predicted octanol–water partition coefficient (Wildman–Crippen LogP) is 1.30. The van der Waals surface area contributed by atoms with E-state index >= 15 is 0 Å². The first-order valence-electron chi connectivity index (χ1n) is 6.13. The monoisotopic (exact) mass is 297 g/mol. The molecule has 110 valence electrons. The van der Waals surface area contributed by atoms with Crippen molar-refractivity contribution in [3.8, 4) is 5.82 Å². The number of amides is 1. The minimum Gasteiger partial charge on any atom is -0.336 e. The van der Waals surface area contributed by atoms with Crippen LogP contribution in [0.3, 0.4) is 0 Å². The lowest BCUT2D eigenvalue weighted by Gasteiger charge is -2.39. The molecule has 0 aromatic carbocycles. The van der Waals surface area contributed by atoms with Crippen LogP contribution in [0, 0.1) is 5.92 Å². The summed E-state index contributed by atoms with van der Waals surface area (Å²) in [5.41, 5.74) is 0.0273. The van der Waals surface area contributed by atoms with Crippen LogP contribution in [-0.2, 0) is 0 Å². The second-order valence-corrected chi connectivity index (χ2v) is 4.70. The van der Waals surface area contributed by atoms with Crippen LogP contribution in [0.5, 0.6) is 0 Å². The summed E-state index contributed by atoms with van der Waals surface area (Å²) in [4.78, 5) is 16.9. The molecule has 0 spiro atoms. The van der Waals surface area contributed by atoms with Crippen molar-refractivity contribution >= 4 is 5.91 Å². The van der Waals surface area contributed by atoms with Crippen LogP contribution in [0.2, 0.25) is 0 Å². The van der Waals surface area contributed by atoms with Gasteiger partial charge >= 0.3 is 6.18 Å². The highest BCUT2D eigenvalue weighted by atomic mass is 19.4. The fourth-order valence-corrected chi connectivity index (χ4v) is 1.99. The number of halogens is 3. The molecule has 0 saturated carbocycles. The maximum Gasteiger partial charge on any atom is 0.395 e. The van der Waals surface area contributed by atoms with E-state index < -0.39 is 18.0 Å². The van der Waals surface area contributed by atoms with Crippen LogP contribution >= 0.6 is 0 Å². The maximum atomic E-state index is 12.4. The molecule has 0 bridgehead atoms. The highest BCUT2D eigenvalue weighted by Crippen LogP contribution is 2.33. The van der Waals surface area contributed by atoms with E-state index in [0.717, 1.165) is 4.90 Å². The number of likely N-dealkylation sites (tertiary alicyclic amines) is 1. The molecule has 1 aliphatic heterocycles. The Hall–Kier alpha value is -2.45. The van der Waals surface area contributed by atoms with Crippen molar-refractivity contribution in [3.63, 3.8) is 0 Å². The lowest BCUT2D eigenvalue weighted by atomic mass is 9.99. The number of aromatic nitrogens is 4. The third kappa shape index (κ3) is 2.58. The molecule has 0 N–H and O–H groups in total. The number of hydrogen-bond donors (Lipinski definition) is 0. The highest BCUT2D eigenvalue weighted by Gasteiger charge is 2.48. The Morgan fingerprint density at radius 1 is 1.24 bits per heavy atom. The molecule has 3 rings (SSSR count). The molecule has 9 heteroatoms. The molecule has 1 amide bonds. The van der Waals surface area contributed by atoms with E-state index in [0.29, 0.717) is 5.82 Å². The lowest BCUT2D eigenvalue weighted by molar-refractivity contribution is -0.202. The van der Waals surface area contributed by atoms with Crippen molar-refractivity contribution < 1.29 is 18.0 Å². The van der Waals surface area contributed by atoms with Gasteiger partial charge in [-0.05, 0) is 12.1 Å². The SMILES string of the molecule is O=C(c1ccc(-n2ccnc2)nn1)N1CC(C(F)(F)F)C1. The van der Waals surface area contributed by atoms with Gasteiger partial charge in [-0.25, -0.2) is 4.98 Å². The van der Waals surface area contributed by atoms with Crippen LogP contribution in [0.15, 0.2) is 30.9 Å². The lowest BCUT2D eigenvalue weighted by Crippen LogP contribution is -2.55. The van der Waals surface area contributed by atoms with Crippen molar-refractivity contribution in [1.82, 2.24) is 24.6 Å². The molecule has 1 saturated heterocycles. The molecule has 1 aliphatic rings. The molecule has 0 aliphatic carbocycles. The number of carbonyl (C=O) groups is 1. The van der Waals surface area contributed by atoms with E-state index in [1.54, 1.807) is 23.0 Å². The number of carbonyl (C=O) groups excluding carboxylic acids is 1. The number of imidazole rings is 1.